The summed E-state index contributed by atoms with van der Waals surface area (Å²) >= 11 is 0. The molecule has 1 saturated carbocycles. The van der Waals surface area contributed by atoms with E-state index in [4.69, 9.17) is 10.5 Å². The fourth-order valence-electron chi connectivity index (χ4n) is 5.76. The van der Waals surface area contributed by atoms with Gasteiger partial charge in [-0.3, -0.25) is 19.2 Å². The zero-order valence-electron chi connectivity index (χ0n) is 23.5. The maximum Gasteiger partial charge on any atom is 0.249 e. The molecular formula is C28H38N6O5. The van der Waals surface area contributed by atoms with E-state index in [1.807, 2.05) is 32.9 Å². The van der Waals surface area contributed by atoms with Crippen molar-refractivity contribution in [1.29, 1.82) is 0 Å². The average Bonchev–Trinajstić information content (AvgIpc) is 3.20. The molecule has 6 atom stereocenters. The lowest BCUT2D eigenvalue weighted by Crippen LogP contribution is -2.60. The van der Waals surface area contributed by atoms with E-state index >= 15 is 0 Å². The van der Waals surface area contributed by atoms with Crippen LogP contribution in [-0.2, 0) is 23.9 Å². The summed E-state index contributed by atoms with van der Waals surface area (Å²) in [7, 11) is 1.42. The van der Waals surface area contributed by atoms with Crippen molar-refractivity contribution in [3.63, 3.8) is 0 Å². The Morgan fingerprint density at radius 2 is 1.82 bits per heavy atom. The predicted octanol–water partition coefficient (Wildman–Crippen LogP) is 1.32. The van der Waals surface area contributed by atoms with Crippen LogP contribution in [0.4, 0.5) is 0 Å². The number of nitrogens with one attached hydrogen (secondary N) is 2. The lowest BCUT2D eigenvalue weighted by Gasteiger charge is -2.38. The average molecular weight is 539 g/mol. The molecule has 0 bridgehead atoms. The Labute approximate surface area is 228 Å². The Hall–Kier alpha value is -3.60. The highest BCUT2D eigenvalue weighted by molar-refractivity contribution is 5.97. The van der Waals surface area contributed by atoms with Crippen molar-refractivity contribution in [1.82, 2.24) is 25.7 Å². The van der Waals surface area contributed by atoms with Crippen LogP contribution in [-0.4, -0.2) is 70.6 Å². The highest BCUT2D eigenvalue weighted by Crippen LogP contribution is 2.65. The van der Waals surface area contributed by atoms with Gasteiger partial charge in [0, 0.05) is 24.4 Å². The molecule has 4 rings (SSSR count). The smallest absolute Gasteiger partial charge is 0.249 e. The third kappa shape index (κ3) is 5.19. The Morgan fingerprint density at radius 1 is 1.15 bits per heavy atom. The van der Waals surface area contributed by atoms with E-state index in [0.29, 0.717) is 11.9 Å². The number of methoxy groups -OCH3 is 1. The van der Waals surface area contributed by atoms with Crippen LogP contribution in [0.2, 0.25) is 0 Å². The number of piperidine rings is 1. The fourth-order valence-corrected chi connectivity index (χ4v) is 5.76. The summed E-state index contributed by atoms with van der Waals surface area (Å²) in [4.78, 5) is 54.7. The molecule has 2 aromatic rings. The van der Waals surface area contributed by atoms with Gasteiger partial charge in [0.1, 0.15) is 23.9 Å². The molecule has 2 fully saturated rings. The minimum atomic E-state index is -1.24. The fraction of sp³-hybridized carbons (Fsp3) is 0.571. The number of fused-ring (bicyclic) bond motifs is 2. The van der Waals surface area contributed by atoms with Crippen LogP contribution in [0.1, 0.15) is 53.3 Å². The molecule has 2 aliphatic rings. The van der Waals surface area contributed by atoms with Crippen molar-refractivity contribution in [2.24, 2.45) is 28.4 Å². The minimum Gasteiger partial charge on any atom is -0.372 e. The number of hydrogen-bond acceptors (Lipinski definition) is 7. The van der Waals surface area contributed by atoms with Gasteiger partial charge >= 0.3 is 0 Å². The summed E-state index contributed by atoms with van der Waals surface area (Å²) in [5.74, 6) is -2.06. The third-order valence-corrected chi connectivity index (χ3v) is 8.33. The maximum atomic E-state index is 14.0. The quantitative estimate of drug-likeness (QED) is 0.457. The van der Waals surface area contributed by atoms with Crippen molar-refractivity contribution in [2.75, 3.05) is 13.7 Å². The number of hydrogen-bond donors (Lipinski definition) is 3. The normalized spacial score (nSPS) is 23.9. The van der Waals surface area contributed by atoms with Crippen molar-refractivity contribution >= 4 is 34.4 Å². The van der Waals surface area contributed by atoms with Crippen molar-refractivity contribution < 1.29 is 23.9 Å². The van der Waals surface area contributed by atoms with Crippen molar-refractivity contribution in [3.05, 3.63) is 36.2 Å². The minimum absolute atomic E-state index is 0.107. The second kappa shape index (κ2) is 10.2. The Bertz CT molecular complexity index is 1300. The van der Waals surface area contributed by atoms with Gasteiger partial charge in [0.05, 0.1) is 6.20 Å². The SMILES string of the molecule is CO[C@H](C)C(=O)N[C@H](C(=O)N1C[C@H]2[C@@H]([C@H]1C(=O)NC(C(N)=O)c1nncc3ccccc13)C2(C)C)C(C)(C)C. The molecule has 1 saturated heterocycles. The summed E-state index contributed by atoms with van der Waals surface area (Å²) in [6.07, 6.45) is 0.824. The molecular weight excluding hydrogens is 500 g/mol. The van der Waals surface area contributed by atoms with Gasteiger partial charge < -0.3 is 26.0 Å². The van der Waals surface area contributed by atoms with Crippen LogP contribution >= 0.6 is 0 Å². The highest BCUT2D eigenvalue weighted by atomic mass is 16.5. The Morgan fingerprint density at radius 3 is 2.44 bits per heavy atom. The summed E-state index contributed by atoms with van der Waals surface area (Å²) in [5.41, 5.74) is 5.18. The van der Waals surface area contributed by atoms with Gasteiger partial charge in [0.2, 0.25) is 23.6 Å². The molecule has 4 N–H and O–H groups in total. The number of nitrogens with zero attached hydrogens (tertiary/aromatic N) is 3. The molecule has 0 spiro atoms. The lowest BCUT2D eigenvalue weighted by atomic mass is 9.85. The molecule has 11 heteroatoms. The molecule has 39 heavy (non-hydrogen) atoms. The number of nitrogens with two attached hydrogens (primary N) is 1. The van der Waals surface area contributed by atoms with E-state index in [9.17, 15) is 19.2 Å². The predicted molar refractivity (Wildman–Crippen MR) is 144 cm³/mol. The molecule has 1 aliphatic carbocycles. The molecule has 11 nitrogen and oxygen atoms in total. The lowest BCUT2D eigenvalue weighted by molar-refractivity contribution is -0.147. The van der Waals surface area contributed by atoms with Crippen LogP contribution in [0, 0.1) is 22.7 Å². The van der Waals surface area contributed by atoms with Crippen molar-refractivity contribution in [2.45, 2.75) is 65.8 Å². The van der Waals surface area contributed by atoms with Gasteiger partial charge in [0.15, 0.2) is 6.04 Å². The van der Waals surface area contributed by atoms with Crippen LogP contribution in [0.3, 0.4) is 0 Å². The van der Waals surface area contributed by atoms with Gasteiger partial charge in [-0.1, -0.05) is 58.9 Å². The van der Waals surface area contributed by atoms with Gasteiger partial charge in [0.25, 0.3) is 0 Å². The number of carbonyl (C=O) groups excluding carboxylic acids is 4. The largest absolute Gasteiger partial charge is 0.372 e. The second-order valence-corrected chi connectivity index (χ2v) is 12.2. The first-order chi connectivity index (χ1) is 18.2. The van der Waals surface area contributed by atoms with Gasteiger partial charge in [-0.25, -0.2) is 0 Å². The molecule has 2 heterocycles. The van der Waals surface area contributed by atoms with Crippen LogP contribution < -0.4 is 16.4 Å². The topological polar surface area (TPSA) is 157 Å². The number of rotatable bonds is 8. The number of carbonyl (C=O) groups is 4. The van der Waals surface area contributed by atoms with Gasteiger partial charge in [-0.05, 0) is 29.6 Å². The number of ether oxygens (including phenoxy) is 1. The monoisotopic (exact) mass is 538 g/mol. The molecule has 1 unspecified atom stereocenters. The summed E-state index contributed by atoms with van der Waals surface area (Å²) in [6, 6.07) is 4.26. The number of likely N-dealkylation sites (tertiary alicyclic amines) is 1. The van der Waals surface area contributed by atoms with Crippen molar-refractivity contribution in [3.8, 4) is 0 Å². The molecule has 1 aromatic carbocycles. The number of primary amides is 1. The standard InChI is InChI=1S/C28H38N6O5/c1-14(39-7)24(36)32-22(27(2,3)4)26(38)34-13-17-18(28(17,5)6)21(34)25(37)31-20(23(29)35)19-16-11-9-8-10-15(16)12-30-33-19/h8-12,14,17-18,20-22H,13H2,1-7H3,(H2,29,35)(H,31,37)(H,32,36)/t14-,17+,18+,20?,21+,22-/m1/s1. The summed E-state index contributed by atoms with van der Waals surface area (Å²) in [6.45, 7) is 11.7. The zero-order valence-corrected chi connectivity index (χ0v) is 23.5. The van der Waals surface area contributed by atoms with Gasteiger partial charge in [-0.2, -0.15) is 10.2 Å². The van der Waals surface area contributed by atoms with E-state index in [-0.39, 0.29) is 28.9 Å². The summed E-state index contributed by atoms with van der Waals surface area (Å²) in [5, 5.41) is 15.1. The first-order valence-electron chi connectivity index (χ1n) is 13.1. The molecule has 4 amide bonds. The number of amides is 4. The van der Waals surface area contributed by atoms with E-state index in [1.165, 1.54) is 12.0 Å². The van der Waals surface area contributed by atoms with E-state index in [0.717, 1.165) is 5.39 Å². The second-order valence-electron chi connectivity index (χ2n) is 12.2. The number of aromatic nitrogens is 2. The van der Waals surface area contributed by atoms with Crippen LogP contribution in [0.5, 0.6) is 0 Å². The van der Waals surface area contributed by atoms with Crippen LogP contribution in [0.15, 0.2) is 30.5 Å². The molecule has 1 aromatic heterocycles. The summed E-state index contributed by atoms with van der Waals surface area (Å²) < 4.78 is 5.12. The van der Waals surface area contributed by atoms with Gasteiger partial charge in [-0.15, -0.1) is 0 Å². The Kier molecular flexibility index (Phi) is 7.41. The third-order valence-electron chi connectivity index (χ3n) is 8.33. The Balaban J connectivity index is 1.65. The van der Waals surface area contributed by atoms with E-state index in [2.05, 4.69) is 34.7 Å². The zero-order chi connectivity index (χ0) is 28.9. The molecule has 0 radical (unpaired) electrons. The molecule has 210 valence electrons. The highest BCUT2D eigenvalue weighted by Gasteiger charge is 2.70. The van der Waals surface area contributed by atoms with Crippen LogP contribution in [0.25, 0.3) is 10.8 Å². The van der Waals surface area contributed by atoms with E-state index in [1.54, 1.807) is 25.3 Å². The first-order valence-corrected chi connectivity index (χ1v) is 13.1. The maximum absolute atomic E-state index is 14.0. The van der Waals surface area contributed by atoms with E-state index < -0.39 is 47.4 Å². The molecule has 1 aliphatic heterocycles. The number of benzene rings is 1. The first kappa shape index (κ1) is 28.4.